The number of amides is 2. The first-order valence-electron chi connectivity index (χ1n) is 8.16. The number of hydrogen-bond acceptors (Lipinski definition) is 4. The summed E-state index contributed by atoms with van der Waals surface area (Å²) >= 11 is 0. The third kappa shape index (κ3) is 5.47. The van der Waals surface area contributed by atoms with Crippen LogP contribution in [0.4, 0.5) is 20.6 Å². The Kier molecular flexibility index (Phi) is 7.18. The maximum atomic E-state index is 14.3. The predicted octanol–water partition coefficient (Wildman–Crippen LogP) is 3.69. The number of nitrogens with one attached hydrogen (secondary N) is 2. The second-order valence-corrected chi connectivity index (χ2v) is 6.85. The van der Waals surface area contributed by atoms with Crippen molar-refractivity contribution in [2.45, 2.75) is 46.3 Å². The number of para-hydroxylation sites is 1. The lowest BCUT2D eigenvalue weighted by atomic mass is 10.1. The van der Waals surface area contributed by atoms with Crippen LogP contribution in [0.5, 0.6) is 0 Å². The van der Waals surface area contributed by atoms with E-state index in [0.717, 1.165) is 0 Å². The quantitative estimate of drug-likeness (QED) is 0.802. The Labute approximate surface area is 154 Å². The van der Waals surface area contributed by atoms with Gasteiger partial charge >= 0.3 is 6.09 Å². The summed E-state index contributed by atoms with van der Waals surface area (Å²) in [7, 11) is 0. The van der Waals surface area contributed by atoms with Gasteiger partial charge in [-0.05, 0) is 39.3 Å². The summed E-state index contributed by atoms with van der Waals surface area (Å²) in [6, 6.07) is 3.72. The zero-order chi connectivity index (χ0) is 18.6. The van der Waals surface area contributed by atoms with Crippen LogP contribution in [0, 0.1) is 5.82 Å². The molecule has 1 aromatic carbocycles. The lowest BCUT2D eigenvalue weighted by Gasteiger charge is -2.31. The van der Waals surface area contributed by atoms with E-state index in [1.807, 2.05) is 0 Å². The van der Waals surface area contributed by atoms with Crippen molar-refractivity contribution in [2.75, 3.05) is 23.3 Å². The van der Waals surface area contributed by atoms with E-state index in [0.29, 0.717) is 30.9 Å². The van der Waals surface area contributed by atoms with Gasteiger partial charge < -0.3 is 20.3 Å². The molecule has 2 amide bonds. The van der Waals surface area contributed by atoms with Gasteiger partial charge in [0.05, 0.1) is 11.4 Å². The van der Waals surface area contributed by atoms with Crippen molar-refractivity contribution in [3.05, 3.63) is 36.7 Å². The van der Waals surface area contributed by atoms with Gasteiger partial charge in [-0.15, -0.1) is 6.58 Å². The molecular weight excluding hydrogens is 337 g/mol. The Hall–Kier alpha value is -2.57. The molecule has 0 aliphatic carbocycles. The molecule has 144 valence electrons. The molecule has 1 aliphatic rings. The molecule has 0 spiro atoms. The Balaban J connectivity index is 0.00000338. The number of rotatable bonds is 3. The summed E-state index contributed by atoms with van der Waals surface area (Å²) in [5, 5.41) is 5.27. The fraction of sp³-hybridized carbons (Fsp3) is 0.474. The minimum absolute atomic E-state index is 0. The van der Waals surface area contributed by atoms with E-state index < -0.39 is 29.5 Å². The predicted molar refractivity (Wildman–Crippen MR) is 102 cm³/mol. The average Bonchev–Trinajstić information content (AvgIpc) is 2.47. The molecular formula is C19H28FN3O3. The molecule has 0 fully saturated rings. The van der Waals surface area contributed by atoms with Crippen LogP contribution in [-0.2, 0) is 9.53 Å². The zero-order valence-electron chi connectivity index (χ0n) is 14.8. The highest BCUT2D eigenvalue weighted by Gasteiger charge is 2.29. The third-order valence-corrected chi connectivity index (χ3v) is 3.61. The number of ether oxygens (including phenoxy) is 1. The van der Waals surface area contributed by atoms with E-state index in [1.165, 1.54) is 12.1 Å². The molecule has 26 heavy (non-hydrogen) atoms. The molecule has 6 nitrogen and oxygen atoms in total. The van der Waals surface area contributed by atoms with Crippen molar-refractivity contribution in [2.24, 2.45) is 0 Å². The molecule has 2 N–H and O–H groups in total. The number of benzene rings is 1. The van der Waals surface area contributed by atoms with Crippen molar-refractivity contribution in [3.8, 4) is 0 Å². The van der Waals surface area contributed by atoms with Crippen LogP contribution in [0.3, 0.4) is 0 Å². The molecule has 1 aromatic rings. The number of halogens is 1. The van der Waals surface area contributed by atoms with Crippen LogP contribution < -0.4 is 15.5 Å². The lowest BCUT2D eigenvalue weighted by molar-refractivity contribution is -0.118. The maximum absolute atomic E-state index is 14.3. The van der Waals surface area contributed by atoms with Gasteiger partial charge in [0, 0.05) is 13.1 Å². The van der Waals surface area contributed by atoms with Gasteiger partial charge in [-0.2, -0.15) is 0 Å². The smallest absolute Gasteiger partial charge is 0.408 e. The van der Waals surface area contributed by atoms with E-state index >= 15 is 0 Å². The van der Waals surface area contributed by atoms with Gasteiger partial charge in [0.25, 0.3) is 0 Å². The number of hydrogen-bond donors (Lipinski definition) is 2. The van der Waals surface area contributed by atoms with Crippen molar-refractivity contribution in [3.63, 3.8) is 0 Å². The summed E-state index contributed by atoms with van der Waals surface area (Å²) in [4.78, 5) is 26.2. The number of carbonyl (C=O) groups excluding carboxylic acids is 2. The average molecular weight is 365 g/mol. The highest BCUT2D eigenvalue weighted by atomic mass is 19.1. The van der Waals surface area contributed by atoms with E-state index in [2.05, 4.69) is 17.2 Å². The van der Waals surface area contributed by atoms with Crippen LogP contribution in [0.25, 0.3) is 0 Å². The van der Waals surface area contributed by atoms with Gasteiger partial charge in [0.2, 0.25) is 5.91 Å². The first-order chi connectivity index (χ1) is 11.7. The Bertz CT molecular complexity index is 670. The molecule has 0 saturated heterocycles. The SMILES string of the molecule is C.C=CCN1CC[C@H](NC(=O)OC(C)(C)C)C(=O)Nc2cccc(F)c21. The molecule has 1 aliphatic heterocycles. The summed E-state index contributed by atoms with van der Waals surface area (Å²) in [6.45, 7) is 9.73. The summed E-state index contributed by atoms with van der Waals surface area (Å²) in [5.74, 6) is -0.825. The molecule has 0 saturated carbocycles. The van der Waals surface area contributed by atoms with Crippen LogP contribution in [0.15, 0.2) is 30.9 Å². The zero-order valence-corrected chi connectivity index (χ0v) is 14.8. The van der Waals surface area contributed by atoms with Crippen molar-refractivity contribution < 1.29 is 18.7 Å². The van der Waals surface area contributed by atoms with Gasteiger partial charge in [-0.1, -0.05) is 19.6 Å². The number of nitrogens with zero attached hydrogens (tertiary/aromatic N) is 1. The van der Waals surface area contributed by atoms with Crippen molar-refractivity contribution in [1.29, 1.82) is 0 Å². The van der Waals surface area contributed by atoms with Crippen LogP contribution in [0.1, 0.15) is 34.6 Å². The highest BCUT2D eigenvalue weighted by Crippen LogP contribution is 2.31. The molecule has 1 atom stereocenters. The number of fused-ring (bicyclic) bond motifs is 1. The lowest BCUT2D eigenvalue weighted by Crippen LogP contribution is -2.48. The van der Waals surface area contributed by atoms with E-state index in [-0.39, 0.29) is 7.43 Å². The topological polar surface area (TPSA) is 70.7 Å². The summed E-state index contributed by atoms with van der Waals surface area (Å²) in [6.07, 6.45) is 1.31. The van der Waals surface area contributed by atoms with Crippen molar-refractivity contribution in [1.82, 2.24) is 5.32 Å². The minimum Gasteiger partial charge on any atom is -0.444 e. The summed E-state index contributed by atoms with van der Waals surface area (Å²) < 4.78 is 19.5. The van der Waals surface area contributed by atoms with Gasteiger partial charge in [0.15, 0.2) is 0 Å². The van der Waals surface area contributed by atoms with E-state index in [9.17, 15) is 14.0 Å². The Morgan fingerprint density at radius 1 is 1.50 bits per heavy atom. The molecule has 0 bridgehead atoms. The monoisotopic (exact) mass is 365 g/mol. The third-order valence-electron chi connectivity index (χ3n) is 3.61. The second kappa shape index (κ2) is 8.69. The molecule has 1 heterocycles. The molecule has 0 radical (unpaired) electrons. The first-order valence-corrected chi connectivity index (χ1v) is 8.16. The second-order valence-electron chi connectivity index (χ2n) is 6.85. The Morgan fingerprint density at radius 2 is 2.19 bits per heavy atom. The fourth-order valence-corrected chi connectivity index (χ4v) is 2.61. The highest BCUT2D eigenvalue weighted by molar-refractivity contribution is 5.99. The number of carbonyl (C=O) groups is 2. The van der Waals surface area contributed by atoms with E-state index in [4.69, 9.17) is 4.74 Å². The van der Waals surface area contributed by atoms with Gasteiger partial charge in [-0.25, -0.2) is 9.18 Å². The molecule has 0 unspecified atom stereocenters. The Morgan fingerprint density at radius 3 is 2.81 bits per heavy atom. The molecule has 2 rings (SSSR count). The van der Waals surface area contributed by atoms with Crippen LogP contribution >= 0.6 is 0 Å². The van der Waals surface area contributed by atoms with Crippen LogP contribution in [0.2, 0.25) is 0 Å². The molecule has 7 heteroatoms. The minimum atomic E-state index is -0.779. The number of anilines is 2. The fourth-order valence-electron chi connectivity index (χ4n) is 2.61. The van der Waals surface area contributed by atoms with Crippen molar-refractivity contribution >= 4 is 23.4 Å². The summed E-state index contributed by atoms with van der Waals surface area (Å²) in [5.41, 5.74) is 0.0290. The largest absolute Gasteiger partial charge is 0.444 e. The first kappa shape index (κ1) is 21.5. The maximum Gasteiger partial charge on any atom is 0.408 e. The number of alkyl carbamates (subject to hydrolysis) is 1. The molecule has 0 aromatic heterocycles. The normalized spacial score (nSPS) is 17.0. The van der Waals surface area contributed by atoms with Gasteiger partial charge in [-0.3, -0.25) is 4.79 Å². The standard InChI is InChI=1S/C18H24FN3O3.CH4/c1-5-10-22-11-9-14(21-17(24)25-18(2,3)4)16(23)20-13-8-6-7-12(19)15(13)22;/h5-8,14H,1,9-11H2,2-4H3,(H,20,23)(H,21,24);1H4/t14-;/m0./s1. The van der Waals surface area contributed by atoms with E-state index in [1.54, 1.807) is 37.8 Å². The van der Waals surface area contributed by atoms with Crippen LogP contribution in [-0.4, -0.2) is 36.7 Å². The van der Waals surface area contributed by atoms with Gasteiger partial charge in [0.1, 0.15) is 17.5 Å².